The van der Waals surface area contributed by atoms with Crippen LogP contribution < -0.4 is 4.90 Å². The van der Waals surface area contributed by atoms with Crippen molar-refractivity contribution in [2.45, 2.75) is 32.2 Å². The Bertz CT molecular complexity index is 1380. The normalized spacial score (nSPS) is 15.1. The van der Waals surface area contributed by atoms with Crippen LogP contribution in [0.15, 0.2) is 79.1 Å². The molecule has 5 rings (SSSR count). The van der Waals surface area contributed by atoms with Gasteiger partial charge in [-0.1, -0.05) is 30.3 Å². The van der Waals surface area contributed by atoms with Crippen molar-refractivity contribution in [1.82, 2.24) is 24.3 Å². The minimum absolute atomic E-state index is 0.0577. The Hall–Kier alpha value is -3.75. The first-order valence-corrected chi connectivity index (χ1v) is 14.8. The summed E-state index contributed by atoms with van der Waals surface area (Å²) in [5, 5.41) is 0. The number of anilines is 1. The van der Waals surface area contributed by atoms with E-state index in [4.69, 9.17) is 9.72 Å². The molecule has 0 aliphatic carbocycles. The number of imidazole rings is 1. The van der Waals surface area contributed by atoms with E-state index in [0.717, 1.165) is 81.3 Å². The van der Waals surface area contributed by atoms with Gasteiger partial charge in [0.25, 0.3) is 5.91 Å². The molecule has 0 saturated carbocycles. The average molecular weight is 555 g/mol. The molecule has 4 aromatic rings. The van der Waals surface area contributed by atoms with Crippen molar-refractivity contribution in [3.8, 4) is 0 Å². The van der Waals surface area contributed by atoms with E-state index < -0.39 is 0 Å². The van der Waals surface area contributed by atoms with Gasteiger partial charge in [-0.15, -0.1) is 0 Å². The highest BCUT2D eigenvalue weighted by Gasteiger charge is 2.23. The van der Waals surface area contributed by atoms with Crippen molar-refractivity contribution in [2.75, 3.05) is 64.4 Å². The number of hydrogen-bond donors (Lipinski definition) is 0. The van der Waals surface area contributed by atoms with E-state index in [-0.39, 0.29) is 11.8 Å². The Morgan fingerprint density at radius 2 is 1.73 bits per heavy atom. The minimum Gasteiger partial charge on any atom is -0.380 e. The topological polar surface area (TPSA) is 66.7 Å². The molecule has 1 aliphatic rings. The Labute approximate surface area is 243 Å². The van der Waals surface area contributed by atoms with Crippen molar-refractivity contribution in [3.05, 3.63) is 90.3 Å². The van der Waals surface area contributed by atoms with Gasteiger partial charge in [0.1, 0.15) is 0 Å². The molecule has 0 spiro atoms. The van der Waals surface area contributed by atoms with Crippen molar-refractivity contribution >= 4 is 22.9 Å². The van der Waals surface area contributed by atoms with Gasteiger partial charge in [0, 0.05) is 70.3 Å². The third kappa shape index (κ3) is 7.31. The first kappa shape index (κ1) is 28.8. The number of nitrogens with zero attached hydrogens (tertiary/aromatic N) is 6. The lowest BCUT2D eigenvalue weighted by atomic mass is 9.95. The maximum absolute atomic E-state index is 13.1. The van der Waals surface area contributed by atoms with Crippen LogP contribution >= 0.6 is 0 Å². The SMILES string of the molecule is CCOCCn1c(N2CCCN(CCC(CN(C)C(=O)c3ccccc3)c3ccncc3)CC2)nc2ccccc21. The molecule has 1 atom stereocenters. The summed E-state index contributed by atoms with van der Waals surface area (Å²) >= 11 is 0. The fourth-order valence-electron chi connectivity index (χ4n) is 5.77. The highest BCUT2D eigenvalue weighted by Crippen LogP contribution is 2.25. The molecular formula is C33H42N6O2. The maximum Gasteiger partial charge on any atom is 0.253 e. The quantitative estimate of drug-likeness (QED) is 0.232. The summed E-state index contributed by atoms with van der Waals surface area (Å²) in [7, 11) is 1.91. The second kappa shape index (κ2) is 14.2. The molecule has 1 saturated heterocycles. The number of amides is 1. The van der Waals surface area contributed by atoms with E-state index in [1.54, 1.807) is 0 Å². The number of para-hydroxylation sites is 2. The van der Waals surface area contributed by atoms with E-state index in [2.05, 4.69) is 55.7 Å². The van der Waals surface area contributed by atoms with Crippen LogP contribution in [-0.4, -0.2) is 89.8 Å². The lowest BCUT2D eigenvalue weighted by molar-refractivity contribution is 0.0782. The molecule has 8 nitrogen and oxygen atoms in total. The summed E-state index contributed by atoms with van der Waals surface area (Å²) in [6.07, 6.45) is 5.76. The molecule has 2 aromatic heterocycles. The van der Waals surface area contributed by atoms with E-state index in [1.165, 1.54) is 5.56 Å². The molecule has 1 fully saturated rings. The number of likely N-dealkylation sites (N-methyl/N-ethyl adjacent to an activating group) is 1. The van der Waals surface area contributed by atoms with Crippen LogP contribution in [0.5, 0.6) is 0 Å². The van der Waals surface area contributed by atoms with Gasteiger partial charge in [0.15, 0.2) is 0 Å². The lowest BCUT2D eigenvalue weighted by Crippen LogP contribution is -2.35. The Morgan fingerprint density at radius 3 is 2.54 bits per heavy atom. The summed E-state index contributed by atoms with van der Waals surface area (Å²) in [5.74, 6) is 1.34. The van der Waals surface area contributed by atoms with E-state index >= 15 is 0 Å². The Morgan fingerprint density at radius 1 is 0.951 bits per heavy atom. The molecule has 0 N–H and O–H groups in total. The zero-order valence-electron chi connectivity index (χ0n) is 24.4. The van der Waals surface area contributed by atoms with Gasteiger partial charge in [-0.2, -0.15) is 0 Å². The van der Waals surface area contributed by atoms with E-state index in [9.17, 15) is 4.79 Å². The van der Waals surface area contributed by atoms with Crippen molar-refractivity contribution < 1.29 is 9.53 Å². The van der Waals surface area contributed by atoms with Gasteiger partial charge in [-0.05, 0) is 74.8 Å². The van der Waals surface area contributed by atoms with E-state index in [0.29, 0.717) is 13.2 Å². The average Bonchev–Trinajstić information content (AvgIpc) is 3.21. The minimum atomic E-state index is 0.0577. The van der Waals surface area contributed by atoms with Crippen LogP contribution in [0.2, 0.25) is 0 Å². The molecular weight excluding hydrogens is 512 g/mol. The fraction of sp³-hybridized carbons (Fsp3) is 0.424. The number of aromatic nitrogens is 3. The van der Waals surface area contributed by atoms with Gasteiger partial charge in [0.2, 0.25) is 5.95 Å². The molecule has 41 heavy (non-hydrogen) atoms. The summed E-state index contributed by atoms with van der Waals surface area (Å²) in [4.78, 5) is 29.2. The van der Waals surface area contributed by atoms with Gasteiger partial charge in [-0.25, -0.2) is 4.98 Å². The van der Waals surface area contributed by atoms with Gasteiger partial charge >= 0.3 is 0 Å². The molecule has 3 heterocycles. The largest absolute Gasteiger partial charge is 0.380 e. The number of carbonyl (C=O) groups is 1. The van der Waals surface area contributed by atoms with Crippen molar-refractivity contribution in [2.24, 2.45) is 0 Å². The lowest BCUT2D eigenvalue weighted by Gasteiger charge is -2.28. The van der Waals surface area contributed by atoms with Gasteiger partial charge in [-0.3, -0.25) is 9.78 Å². The maximum atomic E-state index is 13.1. The summed E-state index contributed by atoms with van der Waals surface area (Å²) in [5.41, 5.74) is 4.16. The molecule has 0 bridgehead atoms. The first-order chi connectivity index (χ1) is 20.1. The molecule has 1 aliphatic heterocycles. The van der Waals surface area contributed by atoms with Crippen LogP contribution in [0.3, 0.4) is 0 Å². The van der Waals surface area contributed by atoms with Crippen LogP contribution in [0.4, 0.5) is 5.95 Å². The first-order valence-electron chi connectivity index (χ1n) is 14.8. The standard InChI is InChI=1S/C33H42N6O2/c1-3-41-25-24-39-31-13-8-7-12-30(31)35-33(39)38-20-9-19-37(22-23-38)21-16-29(27-14-17-34-18-15-27)26-36(2)32(40)28-10-5-4-6-11-28/h4-8,10-15,17-18,29H,3,9,16,19-26H2,1-2H3. The highest BCUT2D eigenvalue weighted by molar-refractivity contribution is 5.94. The molecule has 216 valence electrons. The Kier molecular flexibility index (Phi) is 9.99. The number of rotatable bonds is 12. The monoisotopic (exact) mass is 554 g/mol. The molecule has 1 unspecified atom stereocenters. The van der Waals surface area contributed by atoms with Crippen molar-refractivity contribution in [1.29, 1.82) is 0 Å². The number of hydrogen-bond acceptors (Lipinski definition) is 6. The van der Waals surface area contributed by atoms with Crippen LogP contribution in [-0.2, 0) is 11.3 Å². The fourth-order valence-corrected chi connectivity index (χ4v) is 5.77. The number of pyridine rings is 1. The molecule has 0 radical (unpaired) electrons. The van der Waals surface area contributed by atoms with Crippen molar-refractivity contribution in [3.63, 3.8) is 0 Å². The van der Waals surface area contributed by atoms with Crippen LogP contribution in [0, 0.1) is 0 Å². The van der Waals surface area contributed by atoms with Gasteiger partial charge < -0.3 is 24.0 Å². The number of ether oxygens (including phenoxy) is 1. The third-order valence-electron chi connectivity index (χ3n) is 8.00. The zero-order chi connectivity index (χ0) is 28.4. The molecule has 1 amide bonds. The number of carbonyl (C=O) groups excluding carboxylic acids is 1. The molecule has 2 aromatic carbocycles. The third-order valence-corrected chi connectivity index (χ3v) is 8.00. The Balaban J connectivity index is 1.24. The van der Waals surface area contributed by atoms with Gasteiger partial charge in [0.05, 0.1) is 17.6 Å². The summed E-state index contributed by atoms with van der Waals surface area (Å²) in [6, 6.07) is 22.1. The zero-order valence-corrected chi connectivity index (χ0v) is 24.4. The second-order valence-corrected chi connectivity index (χ2v) is 10.7. The summed E-state index contributed by atoms with van der Waals surface area (Å²) < 4.78 is 8.01. The number of fused-ring (bicyclic) bond motifs is 1. The van der Waals surface area contributed by atoms with Crippen LogP contribution in [0.25, 0.3) is 11.0 Å². The highest BCUT2D eigenvalue weighted by atomic mass is 16.5. The smallest absolute Gasteiger partial charge is 0.253 e. The van der Waals surface area contributed by atoms with Crippen LogP contribution in [0.1, 0.15) is 41.6 Å². The second-order valence-electron chi connectivity index (χ2n) is 10.7. The predicted octanol–water partition coefficient (Wildman–Crippen LogP) is 4.93. The molecule has 8 heteroatoms. The predicted molar refractivity (Wildman–Crippen MR) is 164 cm³/mol. The van der Waals surface area contributed by atoms with E-state index in [1.807, 2.05) is 61.6 Å². The number of benzene rings is 2. The summed E-state index contributed by atoms with van der Waals surface area (Å²) in [6.45, 7) is 9.84.